The molecule has 2 N–H and O–H groups in total. The second kappa shape index (κ2) is 5.67. The Morgan fingerprint density at radius 1 is 1.31 bits per heavy atom. The lowest BCUT2D eigenvalue weighted by Crippen LogP contribution is -2.28. The fourth-order valence-electron chi connectivity index (χ4n) is 1.55. The highest BCUT2D eigenvalue weighted by atomic mass is 35.5. The minimum atomic E-state index is -0.169. The number of carbonyl (C=O) groups is 1. The highest BCUT2D eigenvalue weighted by Gasteiger charge is 2.22. The van der Waals surface area contributed by atoms with Gasteiger partial charge in [-0.05, 0) is 24.1 Å². The van der Waals surface area contributed by atoms with Crippen LogP contribution in [0.1, 0.15) is 24.2 Å². The van der Waals surface area contributed by atoms with Gasteiger partial charge in [-0.1, -0.05) is 37.0 Å². The van der Waals surface area contributed by atoms with Crippen LogP contribution in [0.4, 0.5) is 0 Å². The Hall–Kier alpha value is -0.570. The van der Waals surface area contributed by atoms with Gasteiger partial charge in [0.1, 0.15) is 0 Å². The van der Waals surface area contributed by atoms with Gasteiger partial charge in [-0.3, -0.25) is 4.79 Å². The molecule has 1 unspecified atom stereocenters. The van der Waals surface area contributed by atoms with Crippen LogP contribution in [0.2, 0.25) is 10.0 Å². The maximum atomic E-state index is 12.1. The average molecular weight is 260 g/mol. The first kappa shape index (κ1) is 13.5. The fourth-order valence-corrected chi connectivity index (χ4v) is 1.84. The van der Waals surface area contributed by atoms with Gasteiger partial charge >= 0.3 is 0 Å². The van der Waals surface area contributed by atoms with Gasteiger partial charge in [-0.15, -0.1) is 0 Å². The van der Waals surface area contributed by atoms with Gasteiger partial charge in [0.2, 0.25) is 0 Å². The molecule has 0 radical (unpaired) electrons. The lowest BCUT2D eigenvalue weighted by molar-refractivity contribution is 0.0892. The number of hydrogen-bond donors (Lipinski definition) is 1. The Kier molecular flexibility index (Phi) is 4.78. The molecule has 1 aromatic rings. The van der Waals surface area contributed by atoms with E-state index in [2.05, 4.69) is 0 Å². The molecule has 1 aromatic carbocycles. The molecule has 0 aliphatic carbocycles. The van der Waals surface area contributed by atoms with E-state index in [1.54, 1.807) is 18.2 Å². The molecule has 4 heteroatoms. The number of ketones is 1. The van der Waals surface area contributed by atoms with Crippen LogP contribution in [0.3, 0.4) is 0 Å². The summed E-state index contributed by atoms with van der Waals surface area (Å²) >= 11 is 11.7. The highest BCUT2D eigenvalue weighted by molar-refractivity contribution is 6.42. The third-order valence-electron chi connectivity index (χ3n) is 2.60. The molecular formula is C12H15Cl2NO. The van der Waals surface area contributed by atoms with Gasteiger partial charge in [-0.2, -0.15) is 0 Å². The fraction of sp³-hybridized carbons (Fsp3) is 0.417. The quantitative estimate of drug-likeness (QED) is 0.843. The normalized spacial score (nSPS) is 12.9. The molecule has 16 heavy (non-hydrogen) atoms. The van der Waals surface area contributed by atoms with Crippen molar-refractivity contribution in [2.24, 2.45) is 17.6 Å². The van der Waals surface area contributed by atoms with E-state index in [4.69, 9.17) is 28.9 Å². The lowest BCUT2D eigenvalue weighted by Gasteiger charge is -2.17. The van der Waals surface area contributed by atoms with Crippen LogP contribution < -0.4 is 5.73 Å². The summed E-state index contributed by atoms with van der Waals surface area (Å²) in [7, 11) is 0. The van der Waals surface area contributed by atoms with E-state index in [0.29, 0.717) is 22.2 Å². The van der Waals surface area contributed by atoms with Crippen LogP contribution in [0.5, 0.6) is 0 Å². The van der Waals surface area contributed by atoms with E-state index in [0.717, 1.165) is 0 Å². The number of hydrogen-bond acceptors (Lipinski definition) is 2. The Morgan fingerprint density at radius 2 is 1.94 bits per heavy atom. The van der Waals surface area contributed by atoms with E-state index in [1.165, 1.54) is 0 Å². The molecular weight excluding hydrogens is 245 g/mol. The number of carbonyl (C=O) groups excluding carboxylic acids is 1. The molecule has 0 aliphatic rings. The summed E-state index contributed by atoms with van der Waals surface area (Å²) in [5, 5.41) is 0.846. The summed E-state index contributed by atoms with van der Waals surface area (Å²) in [5.41, 5.74) is 6.17. The Morgan fingerprint density at radius 3 is 2.38 bits per heavy atom. The molecule has 1 rings (SSSR count). The van der Waals surface area contributed by atoms with Crippen molar-refractivity contribution in [3.05, 3.63) is 33.8 Å². The second-order valence-corrected chi connectivity index (χ2v) is 4.89. The molecule has 0 fully saturated rings. The van der Waals surface area contributed by atoms with Crippen LogP contribution >= 0.6 is 23.2 Å². The number of nitrogens with two attached hydrogens (primary N) is 1. The third kappa shape index (κ3) is 2.97. The minimum Gasteiger partial charge on any atom is -0.330 e. The van der Waals surface area contributed by atoms with Crippen molar-refractivity contribution in [2.45, 2.75) is 13.8 Å². The summed E-state index contributed by atoms with van der Waals surface area (Å²) in [5.74, 6) is 0.0697. The van der Waals surface area contributed by atoms with Gasteiger partial charge in [0.15, 0.2) is 5.78 Å². The number of benzene rings is 1. The first-order chi connectivity index (χ1) is 7.47. The smallest absolute Gasteiger partial charge is 0.167 e. The predicted octanol–water partition coefficient (Wildman–Crippen LogP) is 3.41. The number of Topliss-reactive ketones (excluding diaryl/α,β-unsaturated/α-hetero) is 1. The van der Waals surface area contributed by atoms with Crippen LogP contribution in [-0.4, -0.2) is 12.3 Å². The molecule has 88 valence electrons. The summed E-state index contributed by atoms with van der Waals surface area (Å²) in [6, 6.07) is 4.91. The van der Waals surface area contributed by atoms with E-state index in [9.17, 15) is 4.79 Å². The van der Waals surface area contributed by atoms with E-state index < -0.39 is 0 Å². The monoisotopic (exact) mass is 259 g/mol. The molecule has 0 spiro atoms. The van der Waals surface area contributed by atoms with Crippen LogP contribution in [0.25, 0.3) is 0 Å². The Bertz CT molecular complexity index is 391. The molecule has 0 heterocycles. The molecule has 0 aliphatic heterocycles. The minimum absolute atomic E-state index is 0.0241. The van der Waals surface area contributed by atoms with Crippen molar-refractivity contribution >= 4 is 29.0 Å². The van der Waals surface area contributed by atoms with E-state index in [-0.39, 0.29) is 17.6 Å². The maximum absolute atomic E-state index is 12.1. The summed E-state index contributed by atoms with van der Waals surface area (Å²) < 4.78 is 0. The number of halogens is 2. The number of rotatable bonds is 4. The van der Waals surface area contributed by atoms with E-state index >= 15 is 0 Å². The van der Waals surface area contributed by atoms with E-state index in [1.807, 2.05) is 13.8 Å². The molecule has 0 aromatic heterocycles. The molecule has 0 bridgehead atoms. The predicted molar refractivity (Wildman–Crippen MR) is 68.2 cm³/mol. The van der Waals surface area contributed by atoms with Gasteiger partial charge in [0, 0.05) is 18.0 Å². The molecule has 2 nitrogen and oxygen atoms in total. The van der Waals surface area contributed by atoms with Crippen LogP contribution in [0, 0.1) is 11.8 Å². The largest absolute Gasteiger partial charge is 0.330 e. The van der Waals surface area contributed by atoms with Gasteiger partial charge in [-0.25, -0.2) is 0 Å². The highest BCUT2D eigenvalue weighted by Crippen LogP contribution is 2.25. The SMILES string of the molecule is CC(C)C(CN)C(=O)c1ccc(Cl)c(Cl)c1. The lowest BCUT2D eigenvalue weighted by atomic mass is 9.88. The van der Waals surface area contributed by atoms with Crippen molar-refractivity contribution in [1.29, 1.82) is 0 Å². The Labute approximate surface area is 106 Å². The summed E-state index contributed by atoms with van der Waals surface area (Å²) in [6.07, 6.45) is 0. The van der Waals surface area contributed by atoms with Gasteiger partial charge in [0.05, 0.1) is 10.0 Å². The van der Waals surface area contributed by atoms with Crippen molar-refractivity contribution in [3.8, 4) is 0 Å². The summed E-state index contributed by atoms with van der Waals surface area (Å²) in [4.78, 5) is 12.1. The van der Waals surface area contributed by atoms with Crippen LogP contribution in [-0.2, 0) is 0 Å². The Balaban J connectivity index is 2.99. The topological polar surface area (TPSA) is 43.1 Å². The summed E-state index contributed by atoms with van der Waals surface area (Å²) in [6.45, 7) is 4.30. The maximum Gasteiger partial charge on any atom is 0.167 e. The first-order valence-corrected chi connectivity index (χ1v) is 5.92. The zero-order valence-electron chi connectivity index (χ0n) is 9.34. The standard InChI is InChI=1S/C12H15Cl2NO/c1-7(2)9(6-15)12(16)8-3-4-10(13)11(14)5-8/h3-5,7,9H,6,15H2,1-2H3. The molecule has 0 saturated carbocycles. The van der Waals surface area contributed by atoms with Crippen molar-refractivity contribution in [2.75, 3.05) is 6.54 Å². The first-order valence-electron chi connectivity index (χ1n) is 5.16. The van der Waals surface area contributed by atoms with Crippen molar-refractivity contribution in [1.82, 2.24) is 0 Å². The molecule has 1 atom stereocenters. The van der Waals surface area contributed by atoms with Gasteiger partial charge in [0.25, 0.3) is 0 Å². The van der Waals surface area contributed by atoms with Gasteiger partial charge < -0.3 is 5.73 Å². The second-order valence-electron chi connectivity index (χ2n) is 4.08. The molecule has 0 saturated heterocycles. The van der Waals surface area contributed by atoms with Crippen molar-refractivity contribution in [3.63, 3.8) is 0 Å². The average Bonchev–Trinajstić information content (AvgIpc) is 2.22. The third-order valence-corrected chi connectivity index (χ3v) is 3.34. The zero-order chi connectivity index (χ0) is 12.3. The molecule has 0 amide bonds. The van der Waals surface area contributed by atoms with Crippen molar-refractivity contribution < 1.29 is 4.79 Å². The zero-order valence-corrected chi connectivity index (χ0v) is 10.8. The van der Waals surface area contributed by atoms with Crippen LogP contribution in [0.15, 0.2) is 18.2 Å².